The van der Waals surface area contributed by atoms with Crippen molar-refractivity contribution in [1.29, 1.82) is 0 Å². The lowest BCUT2D eigenvalue weighted by atomic mass is 9.76. The van der Waals surface area contributed by atoms with Crippen molar-refractivity contribution in [2.45, 2.75) is 37.0 Å². The number of carbonyl (C=O) groups excluding carboxylic acids is 1. The Bertz CT molecular complexity index is 1150. The zero-order valence-electron chi connectivity index (χ0n) is 21.6. The maximum absolute atomic E-state index is 14.8. The number of thioether (sulfide) groups is 1. The highest BCUT2D eigenvalue weighted by Crippen LogP contribution is 2.57. The summed E-state index contributed by atoms with van der Waals surface area (Å²) in [4.78, 5) is 23.6. The number of nitrogens with zero attached hydrogens (tertiary/aromatic N) is 3. The van der Waals surface area contributed by atoms with Gasteiger partial charge in [0.2, 0.25) is 11.9 Å². The van der Waals surface area contributed by atoms with Gasteiger partial charge in [0, 0.05) is 48.8 Å². The van der Waals surface area contributed by atoms with Crippen LogP contribution >= 0.6 is 11.8 Å². The normalized spacial score (nSPS) is 31.0. The number of hydrogen-bond acceptors (Lipinski definition) is 8. The van der Waals surface area contributed by atoms with Crippen LogP contribution in [-0.2, 0) is 20.7 Å². The van der Waals surface area contributed by atoms with Crippen LogP contribution in [0.2, 0.25) is 0 Å². The van der Waals surface area contributed by atoms with Gasteiger partial charge in [0.15, 0.2) is 5.82 Å². The zero-order chi connectivity index (χ0) is 26.1. The van der Waals surface area contributed by atoms with Crippen LogP contribution in [0, 0.1) is 29.5 Å². The number of amides is 1. The molecule has 6 atom stereocenters. The van der Waals surface area contributed by atoms with Gasteiger partial charge in [-0.25, -0.2) is 14.4 Å². The van der Waals surface area contributed by atoms with Crippen LogP contribution in [0.1, 0.15) is 36.6 Å². The van der Waals surface area contributed by atoms with Gasteiger partial charge >= 0.3 is 0 Å². The summed E-state index contributed by atoms with van der Waals surface area (Å²) in [5, 5.41) is 3.64. The summed E-state index contributed by atoms with van der Waals surface area (Å²) in [7, 11) is 0. The molecule has 1 saturated heterocycles. The second kappa shape index (κ2) is 11.5. The Kier molecular flexibility index (Phi) is 7.83. The number of primary amides is 1. The molecule has 6 bridgehead atoms. The minimum absolute atomic E-state index is 0.00495. The van der Waals surface area contributed by atoms with E-state index in [1.165, 1.54) is 6.20 Å². The molecule has 2 aliphatic carbocycles. The number of morpholine rings is 1. The summed E-state index contributed by atoms with van der Waals surface area (Å²) in [5.74, 6) is 0.817. The molecule has 0 radical (unpaired) electrons. The first-order valence-corrected chi connectivity index (χ1v) is 14.8. The van der Waals surface area contributed by atoms with Gasteiger partial charge in [-0.2, -0.15) is 11.8 Å². The molecule has 2 aliphatic heterocycles. The van der Waals surface area contributed by atoms with Gasteiger partial charge in [-0.15, -0.1) is 0 Å². The molecule has 1 amide bonds. The number of nitrogens with two attached hydrogens (primary N) is 1. The van der Waals surface area contributed by atoms with E-state index >= 15 is 0 Å². The average molecular weight is 542 g/mol. The van der Waals surface area contributed by atoms with E-state index in [0.717, 1.165) is 69.1 Å². The van der Waals surface area contributed by atoms with Gasteiger partial charge in [0.1, 0.15) is 0 Å². The van der Waals surface area contributed by atoms with Gasteiger partial charge in [-0.3, -0.25) is 9.69 Å². The van der Waals surface area contributed by atoms with Crippen molar-refractivity contribution in [2.75, 3.05) is 50.5 Å². The van der Waals surface area contributed by atoms with Gasteiger partial charge in [0.25, 0.3) is 0 Å². The molecule has 1 unspecified atom stereocenters. The Morgan fingerprint density at radius 3 is 2.97 bits per heavy atom. The standard InChI is InChI=1S/C28H36FN5O3S/c29-22-15-31-28-32-19-4-1-3-17(11-19)24(37-8-2-5-34-6-9-36-10-7-34)16-38-25-13-18-12-20(25)21(14-23(22)33-28)26(18)27(30)35/h1,3-4,11,15,18,20-21,24-26H,2,5-10,12-14,16H2,(H2,30,35)(H,31,32,33)/t18-,20+,21-,24?,25-,26+/m1/s1. The second-order valence-corrected chi connectivity index (χ2v) is 12.2. The number of benzene rings is 1. The van der Waals surface area contributed by atoms with Crippen molar-refractivity contribution in [3.05, 3.63) is 47.5 Å². The molecule has 3 heterocycles. The molecule has 3 N–H and O–H groups in total. The predicted molar refractivity (Wildman–Crippen MR) is 145 cm³/mol. The number of hydrogen-bond donors (Lipinski definition) is 2. The van der Waals surface area contributed by atoms with Crippen molar-refractivity contribution in [1.82, 2.24) is 14.9 Å². The molecule has 38 heavy (non-hydrogen) atoms. The summed E-state index contributed by atoms with van der Waals surface area (Å²) in [5.41, 5.74) is 8.15. The van der Waals surface area contributed by atoms with Crippen LogP contribution in [0.5, 0.6) is 0 Å². The first-order valence-electron chi connectivity index (χ1n) is 13.8. The summed E-state index contributed by atoms with van der Waals surface area (Å²) < 4.78 is 26.8. The monoisotopic (exact) mass is 541 g/mol. The number of halogens is 1. The lowest BCUT2D eigenvalue weighted by molar-refractivity contribution is -0.125. The summed E-state index contributed by atoms with van der Waals surface area (Å²) in [6.45, 7) is 5.28. The highest BCUT2D eigenvalue weighted by Gasteiger charge is 2.54. The molecule has 3 fully saturated rings. The molecule has 4 aliphatic rings. The lowest BCUT2D eigenvalue weighted by Gasteiger charge is -2.35. The Hall–Kier alpha value is -2.27. The number of nitrogens with one attached hydrogen (secondary N) is 1. The van der Waals surface area contributed by atoms with Crippen molar-refractivity contribution >= 4 is 29.3 Å². The first-order chi connectivity index (χ1) is 18.5. The molecular weight excluding hydrogens is 505 g/mol. The molecule has 204 valence electrons. The van der Waals surface area contributed by atoms with Gasteiger partial charge in [-0.1, -0.05) is 12.1 Å². The molecule has 8 nitrogen and oxygen atoms in total. The molecule has 0 spiro atoms. The van der Waals surface area contributed by atoms with E-state index in [4.69, 9.17) is 15.2 Å². The van der Waals surface area contributed by atoms with Gasteiger partial charge < -0.3 is 20.5 Å². The SMILES string of the molecule is NC(=O)[C@H]1[C@@H]2C[C@H]3[C@H]1Cc1nc(ncc1F)Nc1cccc(c1)C(OCCCN1CCOCC1)CS[C@@H]3C2. The number of anilines is 2. The second-order valence-electron chi connectivity index (χ2n) is 11.0. The van der Waals surface area contributed by atoms with E-state index < -0.39 is 5.82 Å². The van der Waals surface area contributed by atoms with E-state index in [0.29, 0.717) is 35.8 Å². The van der Waals surface area contributed by atoms with E-state index in [1.807, 2.05) is 23.9 Å². The predicted octanol–water partition coefficient (Wildman–Crippen LogP) is 3.55. The average Bonchev–Trinajstić information content (AvgIpc) is 3.49. The van der Waals surface area contributed by atoms with Crippen LogP contribution < -0.4 is 11.1 Å². The molecule has 6 rings (SSSR count). The van der Waals surface area contributed by atoms with Crippen LogP contribution in [0.25, 0.3) is 0 Å². The topological polar surface area (TPSA) is 103 Å². The van der Waals surface area contributed by atoms with E-state index in [9.17, 15) is 9.18 Å². The number of rotatable bonds is 6. The van der Waals surface area contributed by atoms with E-state index in [1.54, 1.807) is 0 Å². The number of carbonyl (C=O) groups is 1. The fourth-order valence-corrected chi connectivity index (χ4v) is 8.56. The molecular formula is C28H36FN5O3S. The fourth-order valence-electron chi connectivity index (χ4n) is 6.91. The Labute approximate surface area is 227 Å². The largest absolute Gasteiger partial charge is 0.379 e. The highest BCUT2D eigenvalue weighted by atomic mass is 32.2. The smallest absolute Gasteiger partial charge is 0.227 e. The number of fused-ring (bicyclic) bond motifs is 5. The highest BCUT2D eigenvalue weighted by molar-refractivity contribution is 7.99. The van der Waals surface area contributed by atoms with Crippen molar-refractivity contribution < 1.29 is 18.7 Å². The van der Waals surface area contributed by atoms with Crippen molar-refractivity contribution in [3.63, 3.8) is 0 Å². The van der Waals surface area contributed by atoms with Crippen LogP contribution in [0.15, 0.2) is 30.5 Å². The lowest BCUT2D eigenvalue weighted by Crippen LogP contribution is -2.39. The van der Waals surface area contributed by atoms with Gasteiger partial charge in [0.05, 0.1) is 31.2 Å². The molecule has 2 saturated carbocycles. The third-order valence-electron chi connectivity index (χ3n) is 8.70. The zero-order valence-corrected chi connectivity index (χ0v) is 22.4. The maximum atomic E-state index is 14.8. The fraction of sp³-hybridized carbons (Fsp3) is 0.607. The van der Waals surface area contributed by atoms with Crippen molar-refractivity contribution in [2.24, 2.45) is 29.4 Å². The molecule has 1 aromatic carbocycles. The van der Waals surface area contributed by atoms with E-state index in [-0.39, 0.29) is 29.8 Å². The third kappa shape index (κ3) is 5.54. The number of ether oxygens (including phenoxy) is 2. The molecule has 10 heteroatoms. The molecule has 2 aromatic rings. The first kappa shape index (κ1) is 26.0. The minimum Gasteiger partial charge on any atom is -0.379 e. The van der Waals surface area contributed by atoms with Crippen LogP contribution in [0.3, 0.4) is 0 Å². The van der Waals surface area contributed by atoms with Crippen molar-refractivity contribution in [3.8, 4) is 0 Å². The summed E-state index contributed by atoms with van der Waals surface area (Å²) >= 11 is 1.94. The summed E-state index contributed by atoms with van der Waals surface area (Å²) in [6.07, 6.45) is 4.48. The van der Waals surface area contributed by atoms with Crippen LogP contribution in [-0.4, -0.2) is 71.2 Å². The molecule has 1 aromatic heterocycles. The van der Waals surface area contributed by atoms with E-state index in [2.05, 4.69) is 32.3 Å². The Balaban J connectivity index is 1.24. The Morgan fingerprint density at radius 1 is 1.26 bits per heavy atom. The number of aromatic nitrogens is 2. The van der Waals surface area contributed by atoms with Crippen LogP contribution in [0.4, 0.5) is 16.0 Å². The maximum Gasteiger partial charge on any atom is 0.227 e. The minimum atomic E-state index is -0.433. The third-order valence-corrected chi connectivity index (χ3v) is 10.2. The summed E-state index contributed by atoms with van der Waals surface area (Å²) in [6, 6.07) is 8.15. The Morgan fingerprint density at radius 2 is 2.13 bits per heavy atom. The quantitative estimate of drug-likeness (QED) is 0.536. The van der Waals surface area contributed by atoms with Gasteiger partial charge in [-0.05, 0) is 61.1 Å².